The molecular formula is C25H22ClNO4S. The average molecular weight is 468 g/mol. The Balaban J connectivity index is 1.72. The van der Waals surface area contributed by atoms with E-state index >= 15 is 0 Å². The van der Waals surface area contributed by atoms with Gasteiger partial charge in [-0.2, -0.15) is 0 Å². The molecular weight excluding hydrogens is 446 g/mol. The molecule has 0 aromatic heterocycles. The average Bonchev–Trinajstić information content (AvgIpc) is 2.92. The van der Waals surface area contributed by atoms with Gasteiger partial charge in [-0.05, 0) is 48.9 Å². The van der Waals surface area contributed by atoms with Gasteiger partial charge in [0, 0.05) is 21.4 Å². The van der Waals surface area contributed by atoms with E-state index in [2.05, 4.69) is 0 Å². The minimum atomic E-state index is -0.454. The fraction of sp³-hybridized carbons (Fsp3) is 0.200. The number of halogens is 1. The number of nitrogens with zero attached hydrogens (tertiary/aromatic N) is 1. The highest BCUT2D eigenvalue weighted by Gasteiger charge is 2.28. The first kappa shape index (κ1) is 22.4. The van der Waals surface area contributed by atoms with Gasteiger partial charge in [0.2, 0.25) is 0 Å². The zero-order chi connectivity index (χ0) is 22.5. The summed E-state index contributed by atoms with van der Waals surface area (Å²) in [6, 6.07) is 20.2. The predicted octanol–water partition coefficient (Wildman–Crippen LogP) is 5.84. The van der Waals surface area contributed by atoms with Crippen LogP contribution in [-0.4, -0.2) is 31.7 Å². The predicted molar refractivity (Wildman–Crippen MR) is 126 cm³/mol. The van der Waals surface area contributed by atoms with E-state index in [0.29, 0.717) is 35.1 Å². The third kappa shape index (κ3) is 4.83. The molecule has 0 radical (unpaired) electrons. The summed E-state index contributed by atoms with van der Waals surface area (Å²) in [5, 5.41) is 0.582. The van der Waals surface area contributed by atoms with Gasteiger partial charge in [-0.15, -0.1) is 0 Å². The summed E-state index contributed by atoms with van der Waals surface area (Å²) in [7, 11) is 0. The van der Waals surface area contributed by atoms with E-state index in [1.165, 1.54) is 11.8 Å². The Kier molecular flexibility index (Phi) is 7.15. The molecule has 5 nitrogen and oxygen atoms in total. The molecule has 1 heterocycles. The highest BCUT2D eigenvalue weighted by Crippen LogP contribution is 2.42. The van der Waals surface area contributed by atoms with Crippen LogP contribution >= 0.6 is 23.4 Å². The molecule has 1 amide bonds. The van der Waals surface area contributed by atoms with Crippen molar-refractivity contribution in [1.29, 1.82) is 0 Å². The summed E-state index contributed by atoms with van der Waals surface area (Å²) in [5.41, 5.74) is 2.46. The van der Waals surface area contributed by atoms with Crippen LogP contribution < -0.4 is 4.90 Å². The second-order valence-corrected chi connectivity index (χ2v) is 8.59. The van der Waals surface area contributed by atoms with Gasteiger partial charge < -0.3 is 14.4 Å². The highest BCUT2D eigenvalue weighted by molar-refractivity contribution is 7.99. The number of esters is 1. The molecule has 0 atom stereocenters. The van der Waals surface area contributed by atoms with Crippen LogP contribution in [0, 0.1) is 0 Å². The van der Waals surface area contributed by atoms with Crippen LogP contribution in [0.15, 0.2) is 76.5 Å². The van der Waals surface area contributed by atoms with Gasteiger partial charge in [-0.1, -0.05) is 53.7 Å². The maximum atomic E-state index is 13.6. The fourth-order valence-corrected chi connectivity index (χ4v) is 4.68. The normalized spacial score (nSPS) is 12.7. The van der Waals surface area contributed by atoms with Crippen molar-refractivity contribution in [2.45, 2.75) is 23.3 Å². The lowest BCUT2D eigenvalue weighted by Gasteiger charge is -2.24. The van der Waals surface area contributed by atoms with E-state index in [1.807, 2.05) is 55.5 Å². The number of hydrogen-bond acceptors (Lipinski definition) is 5. The highest BCUT2D eigenvalue weighted by atomic mass is 35.5. The smallest absolute Gasteiger partial charge is 0.338 e. The Morgan fingerprint density at radius 2 is 1.78 bits per heavy atom. The molecule has 7 heteroatoms. The lowest BCUT2D eigenvalue weighted by atomic mass is 10.1. The van der Waals surface area contributed by atoms with Crippen molar-refractivity contribution in [3.8, 4) is 0 Å². The number of hydrogen-bond donors (Lipinski definition) is 0. The number of amides is 1. The summed E-state index contributed by atoms with van der Waals surface area (Å²) in [4.78, 5) is 29.6. The molecule has 0 unspecified atom stereocenters. The molecule has 1 aliphatic rings. The number of fused-ring (bicyclic) bond motifs is 2. The summed E-state index contributed by atoms with van der Waals surface area (Å²) in [5.74, 6) is -0.599. The Bertz CT molecular complexity index is 1150. The monoisotopic (exact) mass is 467 g/mol. The van der Waals surface area contributed by atoms with Gasteiger partial charge in [-0.3, -0.25) is 4.79 Å². The number of benzene rings is 3. The third-order valence-corrected chi connectivity index (χ3v) is 6.53. The van der Waals surface area contributed by atoms with Crippen LogP contribution in [0.25, 0.3) is 0 Å². The largest absolute Gasteiger partial charge is 0.460 e. The Hall–Kier alpha value is -2.80. The molecule has 32 heavy (non-hydrogen) atoms. The van der Waals surface area contributed by atoms with Crippen LogP contribution in [0.3, 0.4) is 0 Å². The minimum Gasteiger partial charge on any atom is -0.460 e. The number of carbonyl (C=O) groups is 2. The molecule has 0 spiro atoms. The SMILES string of the molecule is CCOCCOC(=O)c1ccc2c(c1)N(Cc1ccccc1Cl)C(=O)c1ccccc1S2. The molecule has 0 saturated heterocycles. The van der Waals surface area contributed by atoms with Crippen LogP contribution in [-0.2, 0) is 16.0 Å². The number of rotatable bonds is 7. The zero-order valence-corrected chi connectivity index (χ0v) is 19.1. The summed E-state index contributed by atoms with van der Waals surface area (Å²) < 4.78 is 10.5. The Labute approximate surface area is 196 Å². The summed E-state index contributed by atoms with van der Waals surface area (Å²) >= 11 is 7.90. The van der Waals surface area contributed by atoms with Crippen molar-refractivity contribution in [3.05, 3.63) is 88.4 Å². The Morgan fingerprint density at radius 3 is 2.59 bits per heavy atom. The van der Waals surface area contributed by atoms with Crippen molar-refractivity contribution in [1.82, 2.24) is 0 Å². The Morgan fingerprint density at radius 1 is 1.00 bits per heavy atom. The van der Waals surface area contributed by atoms with Gasteiger partial charge in [-0.25, -0.2) is 4.79 Å². The van der Waals surface area contributed by atoms with E-state index in [1.54, 1.807) is 23.1 Å². The molecule has 1 aliphatic heterocycles. The van der Waals surface area contributed by atoms with Crippen LogP contribution in [0.4, 0.5) is 5.69 Å². The topological polar surface area (TPSA) is 55.8 Å². The lowest BCUT2D eigenvalue weighted by Crippen LogP contribution is -2.30. The van der Waals surface area contributed by atoms with Crippen LogP contribution in [0.5, 0.6) is 0 Å². The van der Waals surface area contributed by atoms with Crippen molar-refractivity contribution in [2.75, 3.05) is 24.7 Å². The van der Waals surface area contributed by atoms with Crippen molar-refractivity contribution < 1.29 is 19.1 Å². The van der Waals surface area contributed by atoms with Gasteiger partial charge in [0.05, 0.1) is 30.0 Å². The first-order chi connectivity index (χ1) is 15.6. The molecule has 0 saturated carbocycles. The van der Waals surface area contributed by atoms with Crippen molar-refractivity contribution in [2.24, 2.45) is 0 Å². The van der Waals surface area contributed by atoms with Crippen molar-refractivity contribution >= 4 is 40.9 Å². The maximum Gasteiger partial charge on any atom is 0.338 e. The molecule has 3 aromatic rings. The minimum absolute atomic E-state index is 0.145. The summed E-state index contributed by atoms with van der Waals surface area (Å²) in [6.45, 7) is 3.24. The summed E-state index contributed by atoms with van der Waals surface area (Å²) in [6.07, 6.45) is 0. The fourth-order valence-electron chi connectivity index (χ4n) is 3.42. The first-order valence-electron chi connectivity index (χ1n) is 10.3. The molecule has 0 N–H and O–H groups in total. The second-order valence-electron chi connectivity index (χ2n) is 7.10. The molecule has 0 aliphatic carbocycles. The quantitative estimate of drug-likeness (QED) is 0.322. The van der Waals surface area contributed by atoms with Gasteiger partial charge in [0.15, 0.2) is 0 Å². The first-order valence-corrected chi connectivity index (χ1v) is 11.5. The van der Waals surface area contributed by atoms with E-state index < -0.39 is 5.97 Å². The number of carbonyl (C=O) groups excluding carboxylic acids is 2. The molecule has 0 fully saturated rings. The lowest BCUT2D eigenvalue weighted by molar-refractivity contribution is 0.0335. The van der Waals surface area contributed by atoms with Crippen LogP contribution in [0.1, 0.15) is 33.2 Å². The molecule has 0 bridgehead atoms. The molecule has 3 aromatic carbocycles. The van der Waals surface area contributed by atoms with Gasteiger partial charge in [0.1, 0.15) is 6.61 Å². The van der Waals surface area contributed by atoms with E-state index in [4.69, 9.17) is 21.1 Å². The standard InChI is InChI=1S/C25H22ClNO4S/c1-2-30-13-14-31-25(29)17-11-12-23-21(15-17)27(16-18-7-3-5-9-20(18)26)24(28)19-8-4-6-10-22(19)32-23/h3-12,15H,2,13-14,16H2,1H3. The van der Waals surface area contributed by atoms with Gasteiger partial charge >= 0.3 is 5.97 Å². The number of ether oxygens (including phenoxy) is 2. The third-order valence-electron chi connectivity index (χ3n) is 5.02. The van der Waals surface area contributed by atoms with Crippen molar-refractivity contribution in [3.63, 3.8) is 0 Å². The van der Waals surface area contributed by atoms with E-state index in [-0.39, 0.29) is 19.1 Å². The van der Waals surface area contributed by atoms with Crippen LogP contribution in [0.2, 0.25) is 5.02 Å². The van der Waals surface area contributed by atoms with E-state index in [9.17, 15) is 9.59 Å². The zero-order valence-electron chi connectivity index (χ0n) is 17.5. The van der Waals surface area contributed by atoms with E-state index in [0.717, 1.165) is 15.4 Å². The molecule has 164 valence electrons. The van der Waals surface area contributed by atoms with Gasteiger partial charge in [0.25, 0.3) is 5.91 Å². The molecule has 4 rings (SSSR count). The number of anilines is 1. The second kappa shape index (κ2) is 10.2. The maximum absolute atomic E-state index is 13.6.